The zero-order valence-corrected chi connectivity index (χ0v) is 14.7. The summed E-state index contributed by atoms with van der Waals surface area (Å²) in [4.78, 5) is 13.5. The quantitative estimate of drug-likeness (QED) is 0.775. The standard InChI is InChI=1S/C19H28O3S/c20-18(15-7-16-2-1-3-17(8-15)23(16,21)22)19-9-12-4-13(10-19)6-14(5-12)11-19/h12-17H,1-11H2. The van der Waals surface area contributed by atoms with Crippen molar-refractivity contribution in [2.75, 3.05) is 0 Å². The van der Waals surface area contributed by atoms with E-state index in [0.29, 0.717) is 18.6 Å². The summed E-state index contributed by atoms with van der Waals surface area (Å²) in [5, 5.41) is -0.421. The molecular formula is C19H28O3S. The van der Waals surface area contributed by atoms with Crippen LogP contribution in [0.3, 0.4) is 0 Å². The molecular weight excluding hydrogens is 308 g/mol. The van der Waals surface area contributed by atoms with Crippen LogP contribution >= 0.6 is 0 Å². The summed E-state index contributed by atoms with van der Waals surface area (Å²) in [6.07, 6.45) is 11.3. The van der Waals surface area contributed by atoms with Gasteiger partial charge in [-0.3, -0.25) is 4.79 Å². The highest BCUT2D eigenvalue weighted by Gasteiger charge is 2.57. The Morgan fingerprint density at radius 3 is 1.74 bits per heavy atom. The third-order valence-corrected chi connectivity index (χ3v) is 10.7. The lowest BCUT2D eigenvalue weighted by Gasteiger charge is -2.57. The fraction of sp³-hybridized carbons (Fsp3) is 0.947. The topological polar surface area (TPSA) is 51.2 Å². The smallest absolute Gasteiger partial charge is 0.156 e. The molecule has 6 rings (SSSR count). The van der Waals surface area contributed by atoms with Gasteiger partial charge in [0.25, 0.3) is 0 Å². The first kappa shape index (κ1) is 14.9. The van der Waals surface area contributed by atoms with Gasteiger partial charge in [0.15, 0.2) is 9.84 Å². The van der Waals surface area contributed by atoms with Crippen LogP contribution in [0, 0.1) is 29.1 Å². The van der Waals surface area contributed by atoms with Crippen molar-refractivity contribution >= 4 is 15.6 Å². The molecule has 4 aliphatic carbocycles. The minimum Gasteiger partial charge on any atom is -0.299 e. The number of fused-ring (bicyclic) bond motifs is 2. The molecule has 128 valence electrons. The third kappa shape index (κ3) is 2.12. The number of hydrogen-bond acceptors (Lipinski definition) is 3. The third-order valence-electron chi connectivity index (χ3n) is 8.01. The van der Waals surface area contributed by atoms with E-state index in [-0.39, 0.29) is 21.8 Å². The lowest BCUT2D eigenvalue weighted by atomic mass is 9.47. The van der Waals surface area contributed by atoms with E-state index in [0.717, 1.165) is 56.3 Å². The lowest BCUT2D eigenvalue weighted by Crippen LogP contribution is -2.54. The average molecular weight is 336 g/mol. The van der Waals surface area contributed by atoms with Gasteiger partial charge in [0.1, 0.15) is 5.78 Å². The van der Waals surface area contributed by atoms with Crippen molar-refractivity contribution in [3.8, 4) is 0 Å². The minimum absolute atomic E-state index is 0.0464. The minimum atomic E-state index is -2.94. The summed E-state index contributed by atoms with van der Waals surface area (Å²) >= 11 is 0. The summed E-state index contributed by atoms with van der Waals surface area (Å²) in [7, 11) is -2.94. The van der Waals surface area contributed by atoms with Gasteiger partial charge < -0.3 is 0 Å². The van der Waals surface area contributed by atoms with Gasteiger partial charge in [-0.2, -0.15) is 0 Å². The number of ketones is 1. The maximum atomic E-state index is 13.5. The van der Waals surface area contributed by atoms with Crippen LogP contribution in [0.15, 0.2) is 0 Å². The van der Waals surface area contributed by atoms with Gasteiger partial charge in [0.05, 0.1) is 10.5 Å². The van der Waals surface area contributed by atoms with Crippen molar-refractivity contribution in [3.63, 3.8) is 0 Å². The molecule has 2 aliphatic heterocycles. The molecule has 0 spiro atoms. The van der Waals surface area contributed by atoms with E-state index in [1.807, 2.05) is 0 Å². The van der Waals surface area contributed by atoms with Gasteiger partial charge in [0, 0.05) is 11.3 Å². The fourth-order valence-electron chi connectivity index (χ4n) is 7.47. The van der Waals surface area contributed by atoms with Gasteiger partial charge >= 0.3 is 0 Å². The number of hydrogen-bond donors (Lipinski definition) is 0. The van der Waals surface area contributed by atoms with Crippen LogP contribution in [0.4, 0.5) is 0 Å². The summed E-state index contributed by atoms with van der Waals surface area (Å²) in [6.45, 7) is 0. The number of sulfone groups is 1. The molecule has 0 aromatic heterocycles. The molecule has 4 heteroatoms. The zero-order chi connectivity index (χ0) is 15.8. The van der Waals surface area contributed by atoms with Crippen LogP contribution in [-0.4, -0.2) is 24.7 Å². The molecule has 2 saturated heterocycles. The van der Waals surface area contributed by atoms with Crippen LogP contribution < -0.4 is 0 Å². The summed E-state index contributed by atoms with van der Waals surface area (Å²) in [5.74, 6) is 2.90. The summed E-state index contributed by atoms with van der Waals surface area (Å²) < 4.78 is 25.0. The molecule has 2 heterocycles. The van der Waals surface area contributed by atoms with E-state index in [2.05, 4.69) is 0 Å². The molecule has 6 fully saturated rings. The van der Waals surface area contributed by atoms with Gasteiger partial charge in [-0.15, -0.1) is 0 Å². The van der Waals surface area contributed by atoms with Crippen LogP contribution in [-0.2, 0) is 14.6 Å². The van der Waals surface area contributed by atoms with Crippen LogP contribution in [0.25, 0.3) is 0 Å². The first-order valence-corrected chi connectivity index (χ1v) is 11.3. The Labute approximate surface area is 139 Å². The molecule has 3 nitrogen and oxygen atoms in total. The second-order valence-corrected chi connectivity index (χ2v) is 12.0. The van der Waals surface area contributed by atoms with Crippen molar-refractivity contribution in [1.82, 2.24) is 0 Å². The summed E-state index contributed by atoms with van der Waals surface area (Å²) in [5.41, 5.74) is -0.0468. The molecule has 0 N–H and O–H groups in total. The highest BCUT2D eigenvalue weighted by atomic mass is 32.2. The largest absolute Gasteiger partial charge is 0.299 e. The van der Waals surface area contributed by atoms with Gasteiger partial charge in [-0.1, -0.05) is 6.42 Å². The lowest BCUT2D eigenvalue weighted by molar-refractivity contribution is -0.149. The molecule has 4 saturated carbocycles. The highest BCUT2D eigenvalue weighted by molar-refractivity contribution is 7.92. The normalized spacial score (nSPS) is 53.2. The Hall–Kier alpha value is -0.380. The Morgan fingerprint density at radius 2 is 1.26 bits per heavy atom. The van der Waals surface area contributed by atoms with Crippen molar-refractivity contribution in [3.05, 3.63) is 0 Å². The van der Waals surface area contributed by atoms with Crippen molar-refractivity contribution in [2.45, 2.75) is 81.1 Å². The number of carbonyl (C=O) groups is 1. The first-order valence-electron chi connectivity index (χ1n) is 9.73. The Morgan fingerprint density at radius 1 is 0.783 bits per heavy atom. The van der Waals surface area contributed by atoms with Crippen LogP contribution in [0.1, 0.15) is 70.6 Å². The first-order chi connectivity index (χ1) is 11.0. The second kappa shape index (κ2) is 4.83. The Bertz CT molecular complexity index is 580. The molecule has 0 aromatic rings. The van der Waals surface area contributed by atoms with E-state index in [9.17, 15) is 13.2 Å². The van der Waals surface area contributed by atoms with Crippen molar-refractivity contribution in [1.29, 1.82) is 0 Å². The van der Waals surface area contributed by atoms with Crippen molar-refractivity contribution in [2.24, 2.45) is 29.1 Å². The van der Waals surface area contributed by atoms with E-state index in [1.165, 1.54) is 19.3 Å². The summed E-state index contributed by atoms with van der Waals surface area (Å²) in [6, 6.07) is 0. The predicted molar refractivity (Wildman–Crippen MR) is 88.7 cm³/mol. The Kier molecular flexibility index (Phi) is 3.13. The monoisotopic (exact) mass is 336 g/mol. The van der Waals surface area contributed by atoms with E-state index in [4.69, 9.17) is 0 Å². The molecule has 0 radical (unpaired) electrons. The predicted octanol–water partition coefficient (Wildman–Crippen LogP) is 3.52. The number of carbonyl (C=O) groups excluding carboxylic acids is 1. The maximum absolute atomic E-state index is 13.5. The molecule has 6 bridgehead atoms. The SMILES string of the molecule is O=C(C1CC2CCCC(C1)S2(=O)=O)C12CC3CC(CC(C3)C1)C2. The second-order valence-electron chi connectivity index (χ2n) is 9.49. The maximum Gasteiger partial charge on any atom is 0.156 e. The number of rotatable bonds is 2. The number of Topliss-reactive ketones (excluding diaryl/α,β-unsaturated/α-hetero) is 1. The van der Waals surface area contributed by atoms with Crippen LogP contribution in [0.5, 0.6) is 0 Å². The zero-order valence-electron chi connectivity index (χ0n) is 13.9. The molecule has 23 heavy (non-hydrogen) atoms. The molecule has 2 unspecified atom stereocenters. The Balaban J connectivity index is 1.41. The van der Waals surface area contributed by atoms with E-state index in [1.54, 1.807) is 0 Å². The average Bonchev–Trinajstić information content (AvgIpc) is 2.44. The fourth-order valence-corrected chi connectivity index (χ4v) is 10.0. The van der Waals surface area contributed by atoms with Gasteiger partial charge in [-0.05, 0) is 82.0 Å². The molecule has 0 amide bonds. The van der Waals surface area contributed by atoms with Crippen molar-refractivity contribution < 1.29 is 13.2 Å². The van der Waals surface area contributed by atoms with E-state index >= 15 is 0 Å². The molecule has 0 aromatic carbocycles. The molecule has 6 aliphatic rings. The van der Waals surface area contributed by atoms with Gasteiger partial charge in [-0.25, -0.2) is 8.42 Å². The van der Waals surface area contributed by atoms with E-state index < -0.39 is 9.84 Å². The van der Waals surface area contributed by atoms with Crippen LogP contribution in [0.2, 0.25) is 0 Å². The van der Waals surface area contributed by atoms with Gasteiger partial charge in [0.2, 0.25) is 0 Å². The molecule has 2 atom stereocenters. The highest BCUT2D eigenvalue weighted by Crippen LogP contribution is 2.61.